The molecule has 0 unspecified atom stereocenters. The summed E-state index contributed by atoms with van der Waals surface area (Å²) in [5.41, 5.74) is 1.92. The Morgan fingerprint density at radius 2 is 2.06 bits per heavy atom. The highest BCUT2D eigenvalue weighted by molar-refractivity contribution is 5.97. The second-order valence-corrected chi connectivity index (χ2v) is 4.10. The lowest BCUT2D eigenvalue weighted by Crippen LogP contribution is -2.31. The lowest BCUT2D eigenvalue weighted by molar-refractivity contribution is -0.155. The number of rotatable bonds is 4. The van der Waals surface area contributed by atoms with Crippen LogP contribution in [0.2, 0.25) is 0 Å². The van der Waals surface area contributed by atoms with Crippen molar-refractivity contribution in [3.63, 3.8) is 0 Å². The molecular weight excluding hydrogens is 230 g/mol. The number of carbonyl (C=O) groups excluding carboxylic acids is 1. The molecule has 0 saturated heterocycles. The van der Waals surface area contributed by atoms with Gasteiger partial charge in [-0.25, -0.2) is 4.79 Å². The van der Waals surface area contributed by atoms with Crippen LogP contribution in [0.15, 0.2) is 35.5 Å². The summed E-state index contributed by atoms with van der Waals surface area (Å²) in [5.74, 6) is -0.478. The van der Waals surface area contributed by atoms with Crippen LogP contribution in [-0.4, -0.2) is 24.4 Å². The largest absolute Gasteiger partial charge is 0.463 e. The van der Waals surface area contributed by atoms with Gasteiger partial charge in [0, 0.05) is 0 Å². The Hall–Kier alpha value is -1.84. The van der Waals surface area contributed by atoms with Gasteiger partial charge in [-0.3, -0.25) is 0 Å². The smallest absolute Gasteiger partial charge is 0.351 e. The molecule has 0 amide bonds. The van der Waals surface area contributed by atoms with Gasteiger partial charge in [-0.1, -0.05) is 42.4 Å². The van der Waals surface area contributed by atoms with Gasteiger partial charge in [0.15, 0.2) is 0 Å². The Kier molecular flexibility index (Phi) is 3.97. The van der Waals surface area contributed by atoms with Crippen molar-refractivity contribution in [1.82, 2.24) is 0 Å². The number of esters is 1. The van der Waals surface area contributed by atoms with Gasteiger partial charge in [0.25, 0.3) is 0 Å². The minimum absolute atomic E-state index is 0.129. The number of hydrogen-bond acceptors (Lipinski definition) is 4. The number of carbonyl (C=O) groups is 1. The van der Waals surface area contributed by atoms with Gasteiger partial charge in [-0.05, 0) is 18.9 Å². The third-order valence-corrected chi connectivity index (χ3v) is 2.99. The molecule has 18 heavy (non-hydrogen) atoms. The molecule has 1 aromatic rings. The van der Waals surface area contributed by atoms with Gasteiger partial charge in [0.1, 0.15) is 0 Å². The van der Waals surface area contributed by atoms with Crippen LogP contribution in [0.5, 0.6) is 0 Å². The molecule has 0 spiro atoms. The summed E-state index contributed by atoms with van der Waals surface area (Å²) in [6.45, 7) is 4.14. The highest BCUT2D eigenvalue weighted by atomic mass is 16.7. The molecule has 4 nitrogen and oxygen atoms in total. The standard InChI is InChI=1S/C14H17NO3/c1-3-11-12(10-8-6-5-7-9-10)13(18-15-11)14(16)17-4-2/h5-9,12-13H,3-4H2,1-2H3/t12-,13-/m1/s1. The topological polar surface area (TPSA) is 47.9 Å². The van der Waals surface area contributed by atoms with E-state index >= 15 is 0 Å². The van der Waals surface area contributed by atoms with Crippen molar-refractivity contribution >= 4 is 11.7 Å². The summed E-state index contributed by atoms with van der Waals surface area (Å²) >= 11 is 0. The minimum Gasteiger partial charge on any atom is -0.463 e. The predicted octanol–water partition coefficient (Wildman–Crippen LogP) is 2.50. The maximum absolute atomic E-state index is 11.9. The van der Waals surface area contributed by atoms with Gasteiger partial charge < -0.3 is 9.57 Å². The Balaban J connectivity index is 2.26. The Bertz CT molecular complexity index is 442. The second kappa shape index (κ2) is 5.67. The van der Waals surface area contributed by atoms with E-state index in [1.165, 1.54) is 0 Å². The molecule has 0 fully saturated rings. The van der Waals surface area contributed by atoms with E-state index in [2.05, 4.69) is 5.16 Å². The first-order chi connectivity index (χ1) is 8.77. The minimum atomic E-state index is -0.651. The third kappa shape index (κ3) is 2.37. The molecule has 1 heterocycles. The monoisotopic (exact) mass is 247 g/mol. The van der Waals surface area contributed by atoms with Crippen LogP contribution in [0.4, 0.5) is 0 Å². The summed E-state index contributed by atoms with van der Waals surface area (Å²) in [4.78, 5) is 17.1. The van der Waals surface area contributed by atoms with Gasteiger partial charge in [-0.2, -0.15) is 0 Å². The fraction of sp³-hybridized carbons (Fsp3) is 0.429. The number of nitrogens with zero attached hydrogens (tertiary/aromatic N) is 1. The number of benzene rings is 1. The zero-order valence-electron chi connectivity index (χ0n) is 10.6. The van der Waals surface area contributed by atoms with Crippen LogP contribution in [0.3, 0.4) is 0 Å². The molecule has 0 saturated carbocycles. The lowest BCUT2D eigenvalue weighted by atomic mass is 9.88. The maximum Gasteiger partial charge on any atom is 0.351 e. The number of oxime groups is 1. The average Bonchev–Trinajstić information content (AvgIpc) is 2.83. The zero-order chi connectivity index (χ0) is 13.0. The van der Waals surface area contributed by atoms with Crippen molar-refractivity contribution in [2.45, 2.75) is 32.3 Å². The molecule has 2 rings (SSSR count). The molecule has 1 aliphatic heterocycles. The third-order valence-electron chi connectivity index (χ3n) is 2.99. The molecule has 4 heteroatoms. The number of ether oxygens (including phenoxy) is 1. The van der Waals surface area contributed by atoms with Crippen LogP contribution in [0, 0.1) is 0 Å². The maximum atomic E-state index is 11.9. The van der Waals surface area contributed by atoms with E-state index in [-0.39, 0.29) is 11.9 Å². The van der Waals surface area contributed by atoms with Crippen LogP contribution in [0.1, 0.15) is 31.7 Å². The van der Waals surface area contributed by atoms with Crippen LogP contribution >= 0.6 is 0 Å². The van der Waals surface area contributed by atoms with Crippen molar-refractivity contribution in [3.8, 4) is 0 Å². The van der Waals surface area contributed by atoms with Gasteiger partial charge in [0.05, 0.1) is 18.2 Å². The van der Waals surface area contributed by atoms with Crippen LogP contribution in [0.25, 0.3) is 0 Å². The molecule has 1 aliphatic rings. The van der Waals surface area contributed by atoms with Gasteiger partial charge in [-0.15, -0.1) is 0 Å². The van der Waals surface area contributed by atoms with Crippen molar-refractivity contribution in [2.24, 2.45) is 5.16 Å². The molecule has 0 aliphatic carbocycles. The van der Waals surface area contributed by atoms with E-state index in [4.69, 9.17) is 9.57 Å². The van der Waals surface area contributed by atoms with Crippen molar-refractivity contribution in [2.75, 3.05) is 6.61 Å². The van der Waals surface area contributed by atoms with Gasteiger partial charge >= 0.3 is 5.97 Å². The van der Waals surface area contributed by atoms with E-state index in [1.807, 2.05) is 37.3 Å². The van der Waals surface area contributed by atoms with Crippen molar-refractivity contribution < 1.29 is 14.4 Å². The van der Waals surface area contributed by atoms with E-state index in [9.17, 15) is 4.79 Å². The first kappa shape index (κ1) is 12.6. The van der Waals surface area contributed by atoms with Gasteiger partial charge in [0.2, 0.25) is 6.10 Å². The van der Waals surface area contributed by atoms with Crippen LogP contribution in [-0.2, 0) is 14.4 Å². The predicted molar refractivity (Wildman–Crippen MR) is 68.4 cm³/mol. The van der Waals surface area contributed by atoms with E-state index in [1.54, 1.807) is 6.92 Å². The summed E-state index contributed by atoms with van der Waals surface area (Å²) in [7, 11) is 0. The highest BCUT2D eigenvalue weighted by Gasteiger charge is 2.40. The molecule has 0 radical (unpaired) electrons. The van der Waals surface area contributed by atoms with Crippen molar-refractivity contribution in [1.29, 1.82) is 0 Å². The quantitative estimate of drug-likeness (QED) is 0.768. The van der Waals surface area contributed by atoms with E-state index in [0.717, 1.165) is 17.7 Å². The molecule has 0 bridgehead atoms. The first-order valence-corrected chi connectivity index (χ1v) is 6.22. The fourth-order valence-corrected chi connectivity index (χ4v) is 2.13. The Morgan fingerprint density at radius 3 is 2.67 bits per heavy atom. The zero-order valence-corrected chi connectivity index (χ0v) is 10.6. The normalized spacial score (nSPS) is 22.2. The highest BCUT2D eigenvalue weighted by Crippen LogP contribution is 2.31. The molecular formula is C14H17NO3. The summed E-state index contributed by atoms with van der Waals surface area (Å²) in [6.07, 6.45) is 0.109. The Morgan fingerprint density at radius 1 is 1.33 bits per heavy atom. The summed E-state index contributed by atoms with van der Waals surface area (Å²) in [5, 5.41) is 4.01. The van der Waals surface area contributed by atoms with E-state index < -0.39 is 6.10 Å². The van der Waals surface area contributed by atoms with Crippen molar-refractivity contribution in [3.05, 3.63) is 35.9 Å². The molecule has 2 atom stereocenters. The SMILES string of the molecule is CCOC(=O)[C@@H]1ON=C(CC)[C@H]1c1ccccc1. The molecule has 0 aromatic heterocycles. The van der Waals surface area contributed by atoms with E-state index in [0.29, 0.717) is 6.61 Å². The summed E-state index contributed by atoms with van der Waals surface area (Å²) in [6, 6.07) is 9.81. The first-order valence-electron chi connectivity index (χ1n) is 6.22. The van der Waals surface area contributed by atoms with Crippen LogP contribution < -0.4 is 0 Å². The molecule has 96 valence electrons. The number of hydrogen-bond donors (Lipinski definition) is 0. The fourth-order valence-electron chi connectivity index (χ4n) is 2.13. The molecule has 0 N–H and O–H groups in total. The Labute approximate surface area is 107 Å². The lowest BCUT2D eigenvalue weighted by Gasteiger charge is -2.17. The molecule has 1 aromatic carbocycles. The summed E-state index contributed by atoms with van der Waals surface area (Å²) < 4.78 is 5.03. The average molecular weight is 247 g/mol. The second-order valence-electron chi connectivity index (χ2n) is 4.10.